The van der Waals surface area contributed by atoms with Crippen LogP contribution in [0.25, 0.3) is 0 Å². The van der Waals surface area contributed by atoms with Crippen molar-refractivity contribution in [2.45, 2.75) is 45.2 Å². The van der Waals surface area contributed by atoms with E-state index in [0.29, 0.717) is 18.5 Å². The molecule has 1 aliphatic carbocycles. The second kappa shape index (κ2) is 10.6. The van der Waals surface area contributed by atoms with Gasteiger partial charge >= 0.3 is 5.97 Å². The van der Waals surface area contributed by atoms with E-state index in [-0.39, 0.29) is 25.1 Å². The Morgan fingerprint density at radius 1 is 1.17 bits per heavy atom. The van der Waals surface area contributed by atoms with Crippen LogP contribution in [0.2, 0.25) is 0 Å². The first-order valence-corrected chi connectivity index (χ1v) is 10.4. The third-order valence-corrected chi connectivity index (χ3v) is 5.42. The Labute approximate surface area is 177 Å². The van der Waals surface area contributed by atoms with Crippen LogP contribution in [0.4, 0.5) is 0 Å². The van der Waals surface area contributed by atoms with Crippen molar-refractivity contribution in [1.29, 1.82) is 0 Å². The molecule has 0 saturated heterocycles. The molecule has 2 aromatic carbocycles. The number of amides is 2. The average Bonchev–Trinajstić information content (AvgIpc) is 2.98. The van der Waals surface area contributed by atoms with Crippen LogP contribution in [-0.4, -0.2) is 42.4 Å². The van der Waals surface area contributed by atoms with Gasteiger partial charge < -0.3 is 15.0 Å². The molecule has 0 aromatic heterocycles. The largest absolute Gasteiger partial charge is 0.465 e. The van der Waals surface area contributed by atoms with Crippen molar-refractivity contribution in [3.63, 3.8) is 0 Å². The summed E-state index contributed by atoms with van der Waals surface area (Å²) >= 11 is 0. The highest BCUT2D eigenvalue weighted by Crippen LogP contribution is 2.25. The van der Waals surface area contributed by atoms with E-state index < -0.39 is 5.97 Å². The smallest absolute Gasteiger partial charge is 0.325 e. The second-order valence-corrected chi connectivity index (χ2v) is 7.48. The first-order chi connectivity index (χ1) is 14.6. The predicted molar refractivity (Wildman–Crippen MR) is 114 cm³/mol. The molecule has 3 rings (SSSR count). The number of nitrogens with zero attached hydrogens (tertiary/aromatic N) is 1. The number of hydrogen-bond acceptors (Lipinski definition) is 4. The molecule has 6 nitrogen and oxygen atoms in total. The molecule has 1 unspecified atom stereocenters. The number of fused-ring (bicyclic) bond motifs is 1. The molecule has 1 atom stereocenters. The third-order valence-electron chi connectivity index (χ3n) is 5.42. The average molecular weight is 408 g/mol. The highest BCUT2D eigenvalue weighted by atomic mass is 16.5. The van der Waals surface area contributed by atoms with Crippen LogP contribution in [0.15, 0.2) is 48.5 Å². The van der Waals surface area contributed by atoms with Crippen LogP contribution < -0.4 is 5.32 Å². The molecule has 6 heteroatoms. The van der Waals surface area contributed by atoms with Crippen molar-refractivity contribution >= 4 is 18.3 Å². The fourth-order valence-electron chi connectivity index (χ4n) is 3.88. The minimum atomic E-state index is -0.455. The summed E-state index contributed by atoms with van der Waals surface area (Å²) in [5.74, 6) is -0.758. The SMILES string of the molecule is CCOC(=O)CNC(=O)c1ccc2c(c1)CC(N(C=O)Cc1ccccc1)CCC2. The van der Waals surface area contributed by atoms with Crippen molar-refractivity contribution < 1.29 is 19.1 Å². The Morgan fingerprint density at radius 3 is 2.70 bits per heavy atom. The van der Waals surface area contributed by atoms with Gasteiger partial charge in [-0.25, -0.2) is 0 Å². The molecule has 0 bridgehead atoms. The minimum Gasteiger partial charge on any atom is -0.465 e. The van der Waals surface area contributed by atoms with E-state index in [9.17, 15) is 14.4 Å². The van der Waals surface area contributed by atoms with Gasteiger partial charge in [0.1, 0.15) is 6.54 Å². The number of carbonyl (C=O) groups excluding carboxylic acids is 3. The van der Waals surface area contributed by atoms with Crippen molar-refractivity contribution in [2.75, 3.05) is 13.2 Å². The van der Waals surface area contributed by atoms with Gasteiger partial charge in [0.05, 0.1) is 6.61 Å². The van der Waals surface area contributed by atoms with E-state index in [1.54, 1.807) is 13.0 Å². The van der Waals surface area contributed by atoms with Crippen molar-refractivity contribution in [3.8, 4) is 0 Å². The van der Waals surface area contributed by atoms with Crippen LogP contribution >= 0.6 is 0 Å². The monoisotopic (exact) mass is 408 g/mol. The molecule has 158 valence electrons. The first kappa shape index (κ1) is 21.6. The van der Waals surface area contributed by atoms with Gasteiger partial charge in [0.2, 0.25) is 6.41 Å². The van der Waals surface area contributed by atoms with E-state index in [4.69, 9.17) is 4.74 Å². The molecule has 0 radical (unpaired) electrons. The molecule has 1 aliphatic rings. The summed E-state index contributed by atoms with van der Waals surface area (Å²) in [6, 6.07) is 15.7. The van der Waals surface area contributed by atoms with Crippen LogP contribution in [0.3, 0.4) is 0 Å². The zero-order valence-corrected chi connectivity index (χ0v) is 17.3. The van der Waals surface area contributed by atoms with Crippen LogP contribution in [0, 0.1) is 0 Å². The zero-order chi connectivity index (χ0) is 21.3. The molecule has 1 N–H and O–H groups in total. The van der Waals surface area contributed by atoms with Gasteiger partial charge in [0.15, 0.2) is 0 Å². The van der Waals surface area contributed by atoms with Gasteiger partial charge in [0.25, 0.3) is 5.91 Å². The number of esters is 1. The van der Waals surface area contributed by atoms with Crippen LogP contribution in [0.5, 0.6) is 0 Å². The van der Waals surface area contributed by atoms with E-state index >= 15 is 0 Å². The van der Waals surface area contributed by atoms with E-state index in [2.05, 4.69) is 5.32 Å². The summed E-state index contributed by atoms with van der Waals surface area (Å²) in [5.41, 5.74) is 3.91. The summed E-state index contributed by atoms with van der Waals surface area (Å²) in [6.45, 7) is 2.43. The van der Waals surface area contributed by atoms with Gasteiger partial charge in [-0.05, 0) is 61.4 Å². The minimum absolute atomic E-state index is 0.0850. The van der Waals surface area contributed by atoms with Gasteiger partial charge in [-0.1, -0.05) is 36.4 Å². The summed E-state index contributed by atoms with van der Waals surface area (Å²) in [4.78, 5) is 37.6. The molecule has 0 spiro atoms. The van der Waals surface area contributed by atoms with Gasteiger partial charge in [-0.15, -0.1) is 0 Å². The van der Waals surface area contributed by atoms with E-state index in [1.165, 1.54) is 5.56 Å². The number of nitrogens with one attached hydrogen (secondary N) is 1. The van der Waals surface area contributed by atoms with Crippen LogP contribution in [0.1, 0.15) is 46.8 Å². The Kier molecular flexibility index (Phi) is 7.60. The van der Waals surface area contributed by atoms with Crippen LogP contribution in [-0.2, 0) is 33.7 Å². The molecule has 2 aromatic rings. The van der Waals surface area contributed by atoms with E-state index in [1.807, 2.05) is 47.4 Å². The Morgan fingerprint density at radius 2 is 1.97 bits per heavy atom. The fourth-order valence-corrected chi connectivity index (χ4v) is 3.88. The van der Waals surface area contributed by atoms with Crippen molar-refractivity contribution in [3.05, 3.63) is 70.8 Å². The molecule has 2 amide bonds. The third kappa shape index (κ3) is 5.69. The lowest BCUT2D eigenvalue weighted by atomic mass is 9.98. The molecule has 0 fully saturated rings. The molecular formula is C24H28N2O4. The maximum atomic E-state index is 12.5. The Balaban J connectivity index is 1.71. The molecule has 0 aliphatic heterocycles. The summed E-state index contributed by atoms with van der Waals surface area (Å²) in [5, 5.41) is 2.60. The first-order valence-electron chi connectivity index (χ1n) is 10.4. The van der Waals surface area contributed by atoms with Gasteiger partial charge in [-0.2, -0.15) is 0 Å². The lowest BCUT2D eigenvalue weighted by Gasteiger charge is -2.28. The molecule has 0 saturated carbocycles. The highest BCUT2D eigenvalue weighted by Gasteiger charge is 2.23. The summed E-state index contributed by atoms with van der Waals surface area (Å²) in [6.07, 6.45) is 4.48. The zero-order valence-electron chi connectivity index (χ0n) is 17.3. The lowest BCUT2D eigenvalue weighted by Crippen LogP contribution is -2.35. The standard InChI is InChI=1S/C24H28N2O4/c1-2-30-23(28)15-25-24(29)20-12-11-19-9-6-10-22(14-21(19)13-20)26(17-27)16-18-7-4-3-5-8-18/h3-5,7-8,11-13,17,22H,2,6,9-10,14-16H2,1H3,(H,25,29). The molecular weight excluding hydrogens is 380 g/mol. The highest BCUT2D eigenvalue weighted by molar-refractivity contribution is 5.96. The van der Waals surface area contributed by atoms with Gasteiger partial charge in [-0.3, -0.25) is 14.4 Å². The predicted octanol–water partition coefficient (Wildman–Crippen LogP) is 2.89. The normalized spacial score (nSPS) is 15.4. The number of benzene rings is 2. The topological polar surface area (TPSA) is 75.7 Å². The van der Waals surface area contributed by atoms with Crippen molar-refractivity contribution in [2.24, 2.45) is 0 Å². The number of rotatable bonds is 8. The number of carbonyl (C=O) groups is 3. The van der Waals surface area contributed by atoms with E-state index in [0.717, 1.165) is 36.8 Å². The maximum absolute atomic E-state index is 12.5. The Hall–Kier alpha value is -3.15. The second-order valence-electron chi connectivity index (χ2n) is 7.48. The number of aryl methyl sites for hydroxylation is 1. The fraction of sp³-hybridized carbons (Fsp3) is 0.375. The summed E-state index contributed by atoms with van der Waals surface area (Å²) < 4.78 is 4.84. The lowest BCUT2D eigenvalue weighted by molar-refractivity contribution is -0.141. The Bertz CT molecular complexity index is 882. The number of hydrogen-bond donors (Lipinski definition) is 1. The number of ether oxygens (including phenoxy) is 1. The maximum Gasteiger partial charge on any atom is 0.325 e. The van der Waals surface area contributed by atoms with Gasteiger partial charge in [0, 0.05) is 18.2 Å². The van der Waals surface area contributed by atoms with Crippen molar-refractivity contribution in [1.82, 2.24) is 10.2 Å². The molecule has 30 heavy (non-hydrogen) atoms. The summed E-state index contributed by atoms with van der Waals surface area (Å²) in [7, 11) is 0. The quantitative estimate of drug-likeness (QED) is 0.414. The molecule has 0 heterocycles.